The Labute approximate surface area is 124 Å². The minimum absolute atomic E-state index is 0.240. The van der Waals surface area contributed by atoms with Gasteiger partial charge in [-0.25, -0.2) is 8.42 Å². The van der Waals surface area contributed by atoms with Crippen molar-refractivity contribution in [3.63, 3.8) is 0 Å². The van der Waals surface area contributed by atoms with Crippen molar-refractivity contribution in [2.45, 2.75) is 19.4 Å². The van der Waals surface area contributed by atoms with E-state index in [1.807, 2.05) is 18.2 Å². The maximum Gasteiger partial charge on any atom is 0.150 e. The third-order valence-electron chi connectivity index (χ3n) is 3.85. The maximum absolute atomic E-state index is 11.6. The minimum atomic E-state index is -2.81. The summed E-state index contributed by atoms with van der Waals surface area (Å²) in [5.41, 5.74) is 2.92. The van der Waals surface area contributed by atoms with Crippen LogP contribution in [0.3, 0.4) is 0 Å². The van der Waals surface area contributed by atoms with Crippen molar-refractivity contribution in [3.05, 3.63) is 36.2 Å². The van der Waals surface area contributed by atoms with Crippen LogP contribution in [-0.2, 0) is 16.4 Å². The average Bonchev–Trinajstić information content (AvgIpc) is 2.46. The summed E-state index contributed by atoms with van der Waals surface area (Å²) >= 11 is 0. The van der Waals surface area contributed by atoms with Crippen LogP contribution in [0, 0.1) is 5.92 Å². The number of fused-ring (bicyclic) bond motifs is 1. The zero-order chi connectivity index (χ0) is 14.7. The van der Waals surface area contributed by atoms with Gasteiger partial charge in [-0.1, -0.05) is 6.07 Å². The van der Waals surface area contributed by atoms with Gasteiger partial charge >= 0.3 is 0 Å². The molecule has 1 aliphatic heterocycles. The molecule has 0 spiro atoms. The molecule has 21 heavy (non-hydrogen) atoms. The lowest BCUT2D eigenvalue weighted by molar-refractivity contribution is 0.453. The van der Waals surface area contributed by atoms with Crippen LogP contribution in [0.1, 0.15) is 18.4 Å². The lowest BCUT2D eigenvalue weighted by Crippen LogP contribution is -2.32. The normalized spacial score (nSPS) is 21.4. The highest BCUT2D eigenvalue weighted by Gasteiger charge is 2.24. The van der Waals surface area contributed by atoms with E-state index in [1.54, 1.807) is 12.4 Å². The molecule has 0 saturated carbocycles. The quantitative estimate of drug-likeness (QED) is 0.928. The molecule has 2 aromatic rings. The van der Waals surface area contributed by atoms with Crippen LogP contribution in [0.2, 0.25) is 0 Å². The predicted molar refractivity (Wildman–Crippen MR) is 82.6 cm³/mol. The summed E-state index contributed by atoms with van der Waals surface area (Å²) in [5, 5.41) is 3.36. The van der Waals surface area contributed by atoms with Crippen molar-refractivity contribution in [1.29, 1.82) is 0 Å². The van der Waals surface area contributed by atoms with Crippen molar-refractivity contribution in [2.75, 3.05) is 18.1 Å². The van der Waals surface area contributed by atoms with Crippen LogP contribution in [0.25, 0.3) is 11.0 Å². The molecule has 1 atom stereocenters. The molecule has 1 saturated heterocycles. The predicted octanol–water partition coefficient (Wildman–Crippen LogP) is 1.54. The molecule has 1 aromatic heterocycles. The minimum Gasteiger partial charge on any atom is -0.312 e. The molecule has 0 aliphatic carbocycles. The molecule has 1 N–H and O–H groups in total. The van der Waals surface area contributed by atoms with Gasteiger partial charge < -0.3 is 5.32 Å². The van der Waals surface area contributed by atoms with E-state index in [9.17, 15) is 8.42 Å². The van der Waals surface area contributed by atoms with Crippen LogP contribution < -0.4 is 5.32 Å². The van der Waals surface area contributed by atoms with Gasteiger partial charge in [0.2, 0.25) is 0 Å². The zero-order valence-corrected chi connectivity index (χ0v) is 12.6. The van der Waals surface area contributed by atoms with E-state index < -0.39 is 9.84 Å². The first-order chi connectivity index (χ1) is 10.1. The molecule has 3 rings (SSSR count). The van der Waals surface area contributed by atoms with Crippen LogP contribution in [0.4, 0.5) is 0 Å². The summed E-state index contributed by atoms with van der Waals surface area (Å²) in [6, 6.07) is 6.01. The first kappa shape index (κ1) is 14.4. The van der Waals surface area contributed by atoms with E-state index in [0.29, 0.717) is 11.5 Å². The second-order valence-corrected chi connectivity index (χ2v) is 7.86. The van der Waals surface area contributed by atoms with Crippen molar-refractivity contribution in [3.8, 4) is 0 Å². The Hall–Kier alpha value is -1.53. The van der Waals surface area contributed by atoms with E-state index in [4.69, 9.17) is 0 Å². The number of nitrogens with one attached hydrogen (secondary N) is 1. The lowest BCUT2D eigenvalue weighted by atomic mass is 10.1. The fraction of sp³-hybridized carbons (Fsp3) is 0.467. The van der Waals surface area contributed by atoms with Gasteiger partial charge in [-0.3, -0.25) is 9.97 Å². The smallest absolute Gasteiger partial charge is 0.150 e. The number of aromatic nitrogens is 2. The number of nitrogens with zero attached hydrogens (tertiary/aromatic N) is 2. The molecule has 1 fully saturated rings. The summed E-state index contributed by atoms with van der Waals surface area (Å²) in [7, 11) is -2.81. The summed E-state index contributed by atoms with van der Waals surface area (Å²) in [6.07, 6.45) is 5.16. The van der Waals surface area contributed by atoms with Crippen LogP contribution >= 0.6 is 0 Å². The highest BCUT2D eigenvalue weighted by molar-refractivity contribution is 7.91. The van der Waals surface area contributed by atoms with Gasteiger partial charge in [0.05, 0.1) is 22.5 Å². The Bertz CT molecular complexity index is 731. The fourth-order valence-corrected chi connectivity index (χ4v) is 4.59. The summed E-state index contributed by atoms with van der Waals surface area (Å²) in [4.78, 5) is 8.53. The Morgan fingerprint density at radius 1 is 1.19 bits per heavy atom. The molecular formula is C15H19N3O2S. The first-order valence-electron chi connectivity index (χ1n) is 7.23. The number of hydrogen-bond acceptors (Lipinski definition) is 5. The molecule has 0 amide bonds. The second-order valence-electron chi connectivity index (χ2n) is 5.63. The van der Waals surface area contributed by atoms with Gasteiger partial charge in [0, 0.05) is 18.9 Å². The molecule has 6 heteroatoms. The van der Waals surface area contributed by atoms with Crippen molar-refractivity contribution in [2.24, 2.45) is 5.92 Å². The molecule has 1 aliphatic rings. The van der Waals surface area contributed by atoms with Gasteiger partial charge in [0.25, 0.3) is 0 Å². The standard InChI is InChI=1S/C15H19N3O2S/c19-21(20)7-1-2-13(11-21)10-16-9-12-3-4-14-15(8-12)18-6-5-17-14/h3-6,8,13,16H,1-2,7,9-11H2. The highest BCUT2D eigenvalue weighted by Crippen LogP contribution is 2.17. The molecule has 5 nitrogen and oxygen atoms in total. The zero-order valence-electron chi connectivity index (χ0n) is 11.8. The molecule has 1 unspecified atom stereocenters. The highest BCUT2D eigenvalue weighted by atomic mass is 32.2. The molecular weight excluding hydrogens is 286 g/mol. The molecule has 0 radical (unpaired) electrons. The molecule has 112 valence electrons. The lowest BCUT2D eigenvalue weighted by Gasteiger charge is -2.22. The Morgan fingerprint density at radius 2 is 2.00 bits per heavy atom. The van der Waals surface area contributed by atoms with E-state index in [0.717, 1.165) is 42.5 Å². The van der Waals surface area contributed by atoms with E-state index in [-0.39, 0.29) is 5.92 Å². The molecule has 0 bridgehead atoms. The second kappa shape index (κ2) is 6.07. The Morgan fingerprint density at radius 3 is 2.81 bits per heavy atom. The third kappa shape index (κ3) is 3.77. The Kier molecular flexibility index (Phi) is 4.17. The maximum atomic E-state index is 11.6. The monoisotopic (exact) mass is 305 g/mol. The molecule has 2 heterocycles. The van der Waals surface area contributed by atoms with Crippen LogP contribution in [0.5, 0.6) is 0 Å². The van der Waals surface area contributed by atoms with Gasteiger partial charge in [-0.2, -0.15) is 0 Å². The first-order valence-corrected chi connectivity index (χ1v) is 9.05. The van der Waals surface area contributed by atoms with Gasteiger partial charge in [0.15, 0.2) is 9.84 Å². The van der Waals surface area contributed by atoms with E-state index in [2.05, 4.69) is 15.3 Å². The Balaban J connectivity index is 1.57. The van der Waals surface area contributed by atoms with Crippen molar-refractivity contribution < 1.29 is 8.42 Å². The van der Waals surface area contributed by atoms with Crippen LogP contribution in [-0.4, -0.2) is 36.4 Å². The fourth-order valence-electron chi connectivity index (χ4n) is 2.82. The van der Waals surface area contributed by atoms with Gasteiger partial charge in [-0.15, -0.1) is 0 Å². The SMILES string of the molecule is O=S1(=O)CCCC(CNCc2ccc3nccnc3c2)C1. The van der Waals surface area contributed by atoms with Crippen LogP contribution in [0.15, 0.2) is 30.6 Å². The van der Waals surface area contributed by atoms with Gasteiger partial charge in [0.1, 0.15) is 0 Å². The topological polar surface area (TPSA) is 72.0 Å². The number of hydrogen-bond donors (Lipinski definition) is 1. The summed E-state index contributed by atoms with van der Waals surface area (Å²) < 4.78 is 23.2. The number of sulfone groups is 1. The largest absolute Gasteiger partial charge is 0.312 e. The number of rotatable bonds is 4. The van der Waals surface area contributed by atoms with E-state index >= 15 is 0 Å². The molecule has 1 aromatic carbocycles. The summed E-state index contributed by atoms with van der Waals surface area (Å²) in [6.45, 7) is 1.47. The van der Waals surface area contributed by atoms with Crippen molar-refractivity contribution >= 4 is 20.9 Å². The summed E-state index contributed by atoms with van der Waals surface area (Å²) in [5.74, 6) is 0.916. The average molecular weight is 305 g/mol. The van der Waals surface area contributed by atoms with Crippen molar-refractivity contribution in [1.82, 2.24) is 15.3 Å². The van der Waals surface area contributed by atoms with Gasteiger partial charge in [-0.05, 0) is 43.0 Å². The number of benzene rings is 1. The van der Waals surface area contributed by atoms with E-state index in [1.165, 1.54) is 0 Å². The third-order valence-corrected chi connectivity index (χ3v) is 5.74.